The monoisotopic (exact) mass is 242 g/mol. The lowest BCUT2D eigenvalue weighted by molar-refractivity contribution is 0.102. The van der Waals surface area contributed by atoms with Gasteiger partial charge in [0.25, 0.3) is 0 Å². The lowest BCUT2D eigenvalue weighted by Gasteiger charge is -2.16. The molecular formula is C12H15ClOS. The Kier molecular flexibility index (Phi) is 4.23. The number of hydrogen-bond acceptors (Lipinski definition) is 2. The standard InChI is InChI=1S/C12H15ClOS/c1-12(2,3)15-8-11(14)9-4-6-10(13)7-5-9/h4-7H,8H2,1-3H3. The molecule has 0 amide bonds. The number of Topliss-reactive ketones (excluding diaryl/α,β-unsaturated/α-hetero) is 1. The molecule has 0 spiro atoms. The molecule has 0 heterocycles. The molecule has 1 rings (SSSR count). The number of benzene rings is 1. The Morgan fingerprint density at radius 1 is 1.27 bits per heavy atom. The van der Waals surface area contributed by atoms with Gasteiger partial charge in [-0.2, -0.15) is 0 Å². The van der Waals surface area contributed by atoms with Crippen LogP contribution in [0.3, 0.4) is 0 Å². The highest BCUT2D eigenvalue weighted by atomic mass is 35.5. The molecule has 82 valence electrons. The number of carbonyl (C=O) groups is 1. The summed E-state index contributed by atoms with van der Waals surface area (Å²) >= 11 is 7.41. The molecule has 0 aliphatic carbocycles. The fourth-order valence-electron chi connectivity index (χ4n) is 1.00. The van der Waals surface area contributed by atoms with Crippen molar-refractivity contribution in [1.82, 2.24) is 0 Å². The number of carbonyl (C=O) groups excluding carboxylic acids is 1. The van der Waals surface area contributed by atoms with E-state index in [1.807, 2.05) is 0 Å². The van der Waals surface area contributed by atoms with Crippen LogP contribution in [0.25, 0.3) is 0 Å². The quantitative estimate of drug-likeness (QED) is 0.744. The summed E-state index contributed by atoms with van der Waals surface area (Å²) in [7, 11) is 0. The van der Waals surface area contributed by atoms with Crippen LogP contribution < -0.4 is 0 Å². The summed E-state index contributed by atoms with van der Waals surface area (Å²) in [6.07, 6.45) is 0. The minimum absolute atomic E-state index is 0.127. The smallest absolute Gasteiger partial charge is 0.172 e. The molecule has 0 unspecified atom stereocenters. The predicted octanol–water partition coefficient (Wildman–Crippen LogP) is 4.05. The molecule has 3 heteroatoms. The molecule has 0 atom stereocenters. The molecule has 0 aromatic heterocycles. The van der Waals surface area contributed by atoms with E-state index in [0.717, 1.165) is 5.56 Å². The van der Waals surface area contributed by atoms with Crippen LogP contribution in [-0.4, -0.2) is 16.3 Å². The maximum absolute atomic E-state index is 11.7. The van der Waals surface area contributed by atoms with E-state index in [4.69, 9.17) is 11.6 Å². The van der Waals surface area contributed by atoms with E-state index in [0.29, 0.717) is 10.8 Å². The summed E-state index contributed by atoms with van der Waals surface area (Å²) in [4.78, 5) is 11.7. The van der Waals surface area contributed by atoms with E-state index in [1.54, 1.807) is 36.0 Å². The third-order valence-corrected chi connectivity index (χ3v) is 3.33. The van der Waals surface area contributed by atoms with Crippen molar-refractivity contribution in [3.63, 3.8) is 0 Å². The SMILES string of the molecule is CC(C)(C)SCC(=O)c1ccc(Cl)cc1. The van der Waals surface area contributed by atoms with Crippen molar-refractivity contribution in [3.8, 4) is 0 Å². The molecule has 0 aliphatic heterocycles. The Morgan fingerprint density at radius 3 is 2.27 bits per heavy atom. The Morgan fingerprint density at radius 2 is 1.80 bits per heavy atom. The van der Waals surface area contributed by atoms with E-state index >= 15 is 0 Å². The van der Waals surface area contributed by atoms with Crippen LogP contribution in [0.1, 0.15) is 31.1 Å². The summed E-state index contributed by atoms with van der Waals surface area (Å²) in [5.41, 5.74) is 0.733. The molecule has 0 fully saturated rings. The molecule has 0 bridgehead atoms. The zero-order chi connectivity index (χ0) is 11.5. The fourth-order valence-corrected chi connectivity index (χ4v) is 1.86. The third kappa shape index (κ3) is 4.72. The zero-order valence-electron chi connectivity index (χ0n) is 9.21. The maximum atomic E-state index is 11.7. The Bertz CT molecular complexity index is 338. The second kappa shape index (κ2) is 5.04. The topological polar surface area (TPSA) is 17.1 Å². The first-order chi connectivity index (χ1) is 6.88. The second-order valence-electron chi connectivity index (χ2n) is 4.33. The first-order valence-electron chi connectivity index (χ1n) is 4.81. The van der Waals surface area contributed by atoms with Gasteiger partial charge in [0.2, 0.25) is 0 Å². The zero-order valence-corrected chi connectivity index (χ0v) is 10.8. The minimum Gasteiger partial charge on any atom is -0.293 e. The summed E-state index contributed by atoms with van der Waals surface area (Å²) in [6.45, 7) is 6.31. The van der Waals surface area contributed by atoms with Gasteiger partial charge in [0.15, 0.2) is 5.78 Å². The summed E-state index contributed by atoms with van der Waals surface area (Å²) < 4.78 is 0.127. The number of thioether (sulfide) groups is 1. The van der Waals surface area contributed by atoms with Crippen LogP contribution in [-0.2, 0) is 0 Å². The Balaban J connectivity index is 2.58. The van der Waals surface area contributed by atoms with Crippen molar-refractivity contribution in [2.45, 2.75) is 25.5 Å². The van der Waals surface area contributed by atoms with Crippen LogP contribution in [0.2, 0.25) is 5.02 Å². The molecule has 0 radical (unpaired) electrons. The molecule has 15 heavy (non-hydrogen) atoms. The highest BCUT2D eigenvalue weighted by Crippen LogP contribution is 2.24. The number of ketones is 1. The van der Waals surface area contributed by atoms with E-state index in [-0.39, 0.29) is 10.5 Å². The molecule has 0 aliphatic rings. The van der Waals surface area contributed by atoms with Crippen LogP contribution >= 0.6 is 23.4 Å². The molecule has 0 N–H and O–H groups in total. The summed E-state index contributed by atoms with van der Waals surface area (Å²) in [5.74, 6) is 0.678. The molecule has 1 aromatic rings. The molecule has 1 aromatic carbocycles. The van der Waals surface area contributed by atoms with Gasteiger partial charge in [-0.05, 0) is 24.3 Å². The fraction of sp³-hybridized carbons (Fsp3) is 0.417. The normalized spacial score (nSPS) is 11.5. The number of rotatable bonds is 3. The van der Waals surface area contributed by atoms with Gasteiger partial charge in [0.1, 0.15) is 0 Å². The van der Waals surface area contributed by atoms with E-state index in [1.165, 1.54) is 0 Å². The molecule has 0 saturated carbocycles. The van der Waals surface area contributed by atoms with Crippen molar-refractivity contribution < 1.29 is 4.79 Å². The lowest BCUT2D eigenvalue weighted by Crippen LogP contribution is -2.13. The van der Waals surface area contributed by atoms with Crippen molar-refractivity contribution in [3.05, 3.63) is 34.9 Å². The van der Waals surface area contributed by atoms with Gasteiger partial charge in [-0.25, -0.2) is 0 Å². The van der Waals surface area contributed by atoms with E-state index < -0.39 is 0 Å². The van der Waals surface area contributed by atoms with Gasteiger partial charge in [-0.15, -0.1) is 11.8 Å². The van der Waals surface area contributed by atoms with Gasteiger partial charge in [0.05, 0.1) is 5.75 Å². The molecule has 1 nitrogen and oxygen atoms in total. The predicted molar refractivity (Wildman–Crippen MR) is 68.0 cm³/mol. The minimum atomic E-state index is 0.127. The number of halogens is 1. The summed E-state index contributed by atoms with van der Waals surface area (Å²) in [6, 6.07) is 7.04. The average Bonchev–Trinajstić information content (AvgIpc) is 2.14. The first-order valence-corrected chi connectivity index (χ1v) is 6.17. The number of hydrogen-bond donors (Lipinski definition) is 0. The van der Waals surface area contributed by atoms with Crippen molar-refractivity contribution in [2.75, 3.05) is 5.75 Å². The van der Waals surface area contributed by atoms with Crippen LogP contribution in [0.15, 0.2) is 24.3 Å². The highest BCUT2D eigenvalue weighted by Gasteiger charge is 2.14. The van der Waals surface area contributed by atoms with Crippen LogP contribution in [0, 0.1) is 0 Å². The van der Waals surface area contributed by atoms with Crippen LogP contribution in [0.4, 0.5) is 0 Å². The first kappa shape index (κ1) is 12.6. The van der Waals surface area contributed by atoms with Crippen molar-refractivity contribution in [1.29, 1.82) is 0 Å². The van der Waals surface area contributed by atoms with Gasteiger partial charge in [-0.3, -0.25) is 4.79 Å². The van der Waals surface area contributed by atoms with Crippen molar-refractivity contribution in [2.24, 2.45) is 0 Å². The third-order valence-electron chi connectivity index (χ3n) is 1.80. The van der Waals surface area contributed by atoms with Gasteiger partial charge < -0.3 is 0 Å². The van der Waals surface area contributed by atoms with Crippen LogP contribution in [0.5, 0.6) is 0 Å². The maximum Gasteiger partial charge on any atom is 0.172 e. The molecule has 0 saturated heterocycles. The van der Waals surface area contributed by atoms with E-state index in [9.17, 15) is 4.79 Å². The molecular weight excluding hydrogens is 228 g/mol. The van der Waals surface area contributed by atoms with Gasteiger partial charge in [0, 0.05) is 15.3 Å². The van der Waals surface area contributed by atoms with Crippen molar-refractivity contribution >= 4 is 29.1 Å². The Hall–Kier alpha value is -0.470. The Labute approximate surface area is 100 Å². The lowest BCUT2D eigenvalue weighted by atomic mass is 10.1. The van der Waals surface area contributed by atoms with Gasteiger partial charge in [-0.1, -0.05) is 32.4 Å². The average molecular weight is 243 g/mol. The van der Waals surface area contributed by atoms with E-state index in [2.05, 4.69) is 20.8 Å². The van der Waals surface area contributed by atoms with Gasteiger partial charge >= 0.3 is 0 Å². The largest absolute Gasteiger partial charge is 0.293 e. The summed E-state index contributed by atoms with van der Waals surface area (Å²) in [5, 5.41) is 0.662. The second-order valence-corrected chi connectivity index (χ2v) is 6.57. The highest BCUT2D eigenvalue weighted by molar-refractivity contribution is 8.01.